The number of hydrogen-bond acceptors (Lipinski definition) is 2. The van der Waals surface area contributed by atoms with Crippen LogP contribution in [-0.4, -0.2) is 5.11 Å². The van der Waals surface area contributed by atoms with Crippen molar-refractivity contribution in [1.29, 1.82) is 0 Å². The van der Waals surface area contributed by atoms with Crippen LogP contribution in [0.25, 0.3) is 10.1 Å². The van der Waals surface area contributed by atoms with Crippen molar-refractivity contribution < 1.29 is 5.11 Å². The highest BCUT2D eigenvalue weighted by molar-refractivity contribution is 7.19. The van der Waals surface area contributed by atoms with Gasteiger partial charge in [-0.2, -0.15) is 0 Å². The number of aliphatic hydroxyl groups is 1. The summed E-state index contributed by atoms with van der Waals surface area (Å²) in [5.41, 5.74) is 0.235. The van der Waals surface area contributed by atoms with Gasteiger partial charge in [0.2, 0.25) is 0 Å². The van der Waals surface area contributed by atoms with E-state index in [0.717, 1.165) is 5.56 Å². The summed E-state index contributed by atoms with van der Waals surface area (Å²) in [4.78, 5) is 1.31. The predicted octanol–water partition coefficient (Wildman–Crippen LogP) is 3.44. The molecule has 0 amide bonds. The Bertz CT molecular complexity index is 463. The highest BCUT2D eigenvalue weighted by Crippen LogP contribution is 2.29. The van der Waals surface area contributed by atoms with Gasteiger partial charge in [0, 0.05) is 9.58 Å². The summed E-state index contributed by atoms with van der Waals surface area (Å²) in [5, 5.41) is 11.1. The minimum Gasteiger partial charge on any atom is -0.386 e. The van der Waals surface area contributed by atoms with Crippen LogP contribution in [0.1, 0.15) is 24.3 Å². The molecule has 0 aliphatic carbocycles. The SMILES string of the molecule is Cc1cc2ccc(C(C)(C)O)cc2s1. The molecule has 0 saturated heterocycles. The average Bonchev–Trinajstić information content (AvgIpc) is 2.41. The molecule has 0 atom stereocenters. The molecule has 0 aliphatic heterocycles. The highest BCUT2D eigenvalue weighted by atomic mass is 32.1. The van der Waals surface area contributed by atoms with Gasteiger partial charge in [0.1, 0.15) is 0 Å². The minimum absolute atomic E-state index is 0.744. The van der Waals surface area contributed by atoms with Gasteiger partial charge in [-0.15, -0.1) is 11.3 Å². The molecule has 1 N–H and O–H groups in total. The van der Waals surface area contributed by atoms with Crippen LogP contribution in [0.5, 0.6) is 0 Å². The molecular weight excluding hydrogens is 192 g/mol. The molecule has 2 heteroatoms. The van der Waals surface area contributed by atoms with Crippen LogP contribution in [0.3, 0.4) is 0 Å². The minimum atomic E-state index is -0.744. The molecule has 2 aromatic rings. The predicted molar refractivity (Wildman–Crippen MR) is 61.8 cm³/mol. The van der Waals surface area contributed by atoms with Crippen LogP contribution >= 0.6 is 11.3 Å². The fourth-order valence-corrected chi connectivity index (χ4v) is 2.51. The molecule has 0 radical (unpaired) electrons. The Hall–Kier alpha value is -0.860. The van der Waals surface area contributed by atoms with E-state index in [-0.39, 0.29) is 0 Å². The van der Waals surface area contributed by atoms with Gasteiger partial charge in [0.15, 0.2) is 0 Å². The standard InChI is InChI=1S/C12H14OS/c1-8-6-9-4-5-10(12(2,3)13)7-11(9)14-8/h4-7,13H,1-3H3. The molecule has 1 aromatic heterocycles. The first-order chi connectivity index (χ1) is 6.47. The fourth-order valence-electron chi connectivity index (χ4n) is 1.54. The lowest BCUT2D eigenvalue weighted by molar-refractivity contribution is 0.0787. The quantitative estimate of drug-likeness (QED) is 0.757. The van der Waals surface area contributed by atoms with Gasteiger partial charge in [0.25, 0.3) is 0 Å². The van der Waals surface area contributed by atoms with Crippen LogP contribution in [-0.2, 0) is 5.60 Å². The van der Waals surface area contributed by atoms with Crippen molar-refractivity contribution >= 4 is 21.4 Å². The first kappa shape index (κ1) is 9.69. The van der Waals surface area contributed by atoms with Crippen molar-refractivity contribution in [2.24, 2.45) is 0 Å². The van der Waals surface area contributed by atoms with Crippen molar-refractivity contribution in [3.05, 3.63) is 34.7 Å². The van der Waals surface area contributed by atoms with Crippen molar-refractivity contribution in [1.82, 2.24) is 0 Å². The van der Waals surface area contributed by atoms with Crippen LogP contribution in [0.2, 0.25) is 0 Å². The van der Waals surface area contributed by atoms with Gasteiger partial charge in [-0.1, -0.05) is 12.1 Å². The second kappa shape index (κ2) is 3.07. The summed E-state index contributed by atoms with van der Waals surface area (Å²) in [6.45, 7) is 5.73. The third kappa shape index (κ3) is 1.68. The maximum Gasteiger partial charge on any atom is 0.0841 e. The lowest BCUT2D eigenvalue weighted by Crippen LogP contribution is -2.14. The summed E-state index contributed by atoms with van der Waals surface area (Å²) < 4.78 is 1.25. The summed E-state index contributed by atoms with van der Waals surface area (Å²) in [7, 11) is 0. The van der Waals surface area contributed by atoms with Gasteiger partial charge < -0.3 is 5.11 Å². The van der Waals surface area contributed by atoms with Crippen molar-refractivity contribution in [3.63, 3.8) is 0 Å². The van der Waals surface area contributed by atoms with E-state index in [2.05, 4.69) is 25.1 Å². The highest BCUT2D eigenvalue weighted by Gasteiger charge is 2.16. The third-order valence-corrected chi connectivity index (χ3v) is 3.36. The lowest BCUT2D eigenvalue weighted by atomic mass is 9.98. The van der Waals surface area contributed by atoms with Crippen molar-refractivity contribution in [3.8, 4) is 0 Å². The molecule has 0 aliphatic rings. The number of thiophene rings is 1. The monoisotopic (exact) mass is 206 g/mol. The van der Waals surface area contributed by atoms with Gasteiger partial charge in [-0.3, -0.25) is 0 Å². The molecule has 2 rings (SSSR count). The number of rotatable bonds is 1. The Morgan fingerprint density at radius 1 is 1.21 bits per heavy atom. The first-order valence-electron chi connectivity index (χ1n) is 4.70. The Balaban J connectivity index is 2.62. The Morgan fingerprint density at radius 2 is 1.93 bits per heavy atom. The van der Waals surface area contributed by atoms with Crippen LogP contribution in [0.4, 0.5) is 0 Å². The maximum atomic E-state index is 9.86. The Morgan fingerprint density at radius 3 is 2.57 bits per heavy atom. The molecule has 0 saturated carbocycles. The molecule has 74 valence electrons. The van der Waals surface area contributed by atoms with Crippen LogP contribution in [0, 0.1) is 6.92 Å². The summed E-state index contributed by atoms with van der Waals surface area (Å²) >= 11 is 1.77. The number of fused-ring (bicyclic) bond motifs is 1. The number of benzene rings is 1. The molecule has 1 heterocycles. The molecule has 1 nitrogen and oxygen atoms in total. The summed E-state index contributed by atoms with van der Waals surface area (Å²) in [6, 6.07) is 8.32. The summed E-state index contributed by atoms with van der Waals surface area (Å²) in [5.74, 6) is 0. The Labute approximate surface area is 88.0 Å². The second-order valence-corrected chi connectivity index (χ2v) is 5.46. The van der Waals surface area contributed by atoms with Crippen LogP contribution < -0.4 is 0 Å². The topological polar surface area (TPSA) is 20.2 Å². The Kier molecular flexibility index (Phi) is 2.13. The van der Waals surface area contributed by atoms with E-state index in [9.17, 15) is 5.11 Å². The fraction of sp³-hybridized carbons (Fsp3) is 0.333. The van der Waals surface area contributed by atoms with E-state index < -0.39 is 5.60 Å². The van der Waals surface area contributed by atoms with E-state index in [1.807, 2.05) is 19.9 Å². The molecule has 0 fully saturated rings. The van der Waals surface area contributed by atoms with Gasteiger partial charge in [-0.25, -0.2) is 0 Å². The van der Waals surface area contributed by atoms with E-state index >= 15 is 0 Å². The maximum absolute atomic E-state index is 9.86. The lowest BCUT2D eigenvalue weighted by Gasteiger charge is -2.17. The van der Waals surface area contributed by atoms with Gasteiger partial charge in [-0.05, 0) is 43.9 Å². The number of aryl methyl sites for hydroxylation is 1. The van der Waals surface area contributed by atoms with Gasteiger partial charge in [0.05, 0.1) is 5.60 Å². The zero-order valence-corrected chi connectivity index (χ0v) is 9.48. The molecule has 14 heavy (non-hydrogen) atoms. The molecule has 0 spiro atoms. The molecule has 0 bridgehead atoms. The van der Waals surface area contributed by atoms with Crippen LogP contribution in [0.15, 0.2) is 24.3 Å². The molecule has 0 unspecified atom stereocenters. The average molecular weight is 206 g/mol. The summed E-state index contributed by atoms with van der Waals surface area (Å²) in [6.07, 6.45) is 0. The van der Waals surface area contributed by atoms with Crippen molar-refractivity contribution in [2.45, 2.75) is 26.4 Å². The largest absolute Gasteiger partial charge is 0.386 e. The van der Waals surface area contributed by atoms with Gasteiger partial charge >= 0.3 is 0 Å². The third-order valence-electron chi connectivity index (χ3n) is 2.35. The smallest absolute Gasteiger partial charge is 0.0841 e. The van der Waals surface area contributed by atoms with E-state index in [4.69, 9.17) is 0 Å². The second-order valence-electron chi connectivity index (χ2n) is 4.17. The van der Waals surface area contributed by atoms with Crippen molar-refractivity contribution in [2.75, 3.05) is 0 Å². The molecule has 1 aromatic carbocycles. The zero-order chi connectivity index (χ0) is 10.3. The normalized spacial score (nSPS) is 12.3. The zero-order valence-electron chi connectivity index (χ0n) is 8.66. The van der Waals surface area contributed by atoms with E-state index in [1.165, 1.54) is 15.0 Å². The number of hydrogen-bond donors (Lipinski definition) is 1. The first-order valence-corrected chi connectivity index (χ1v) is 5.51. The molecular formula is C12H14OS. The van der Waals surface area contributed by atoms with E-state index in [0.29, 0.717) is 0 Å². The van der Waals surface area contributed by atoms with E-state index in [1.54, 1.807) is 11.3 Å².